The number of benzene rings is 1. The molecule has 1 aromatic rings. The van der Waals surface area contributed by atoms with Crippen molar-refractivity contribution in [1.82, 2.24) is 4.90 Å². The second kappa shape index (κ2) is 5.23. The minimum Gasteiger partial charge on any atom is -0.508 e. The van der Waals surface area contributed by atoms with Gasteiger partial charge in [0.05, 0.1) is 33.2 Å². The highest BCUT2D eigenvalue weighted by molar-refractivity contribution is 5.95. The zero-order chi connectivity index (χ0) is 14.1. The van der Waals surface area contributed by atoms with E-state index in [9.17, 15) is 10.2 Å². The van der Waals surface area contributed by atoms with Crippen molar-refractivity contribution in [3.8, 4) is 11.5 Å². The fourth-order valence-electron chi connectivity index (χ4n) is 3.16. The van der Waals surface area contributed by atoms with Gasteiger partial charge in [0.15, 0.2) is 5.75 Å². The molecule has 0 radical (unpaired) electrons. The van der Waals surface area contributed by atoms with Crippen molar-refractivity contribution in [2.24, 2.45) is 0 Å². The van der Waals surface area contributed by atoms with Crippen LogP contribution in [0.15, 0.2) is 18.2 Å². The maximum atomic E-state index is 10.1. The molecule has 108 valence electrons. The third-order valence-electron chi connectivity index (χ3n) is 4.10. The second-order valence-electron chi connectivity index (χ2n) is 5.59. The molecule has 0 saturated carbocycles. The smallest absolute Gasteiger partial charge is 0.355 e. The lowest BCUT2D eigenvalue weighted by atomic mass is 10.2. The lowest BCUT2D eigenvalue weighted by Crippen LogP contribution is -2.53. The van der Waals surface area contributed by atoms with E-state index in [2.05, 4.69) is 21.4 Å². The van der Waals surface area contributed by atoms with E-state index in [1.165, 1.54) is 18.9 Å². The average molecular weight is 276 g/mol. The van der Waals surface area contributed by atoms with Crippen LogP contribution in [0.25, 0.3) is 0 Å². The predicted molar refractivity (Wildman–Crippen MR) is 78.6 cm³/mol. The van der Waals surface area contributed by atoms with Crippen LogP contribution in [0, 0.1) is 0 Å². The molecule has 2 aliphatic heterocycles. The van der Waals surface area contributed by atoms with Crippen molar-refractivity contribution in [3.63, 3.8) is 0 Å². The van der Waals surface area contributed by atoms with Crippen LogP contribution in [-0.4, -0.2) is 58.9 Å². The summed E-state index contributed by atoms with van der Waals surface area (Å²) < 4.78 is 2.26. The summed E-state index contributed by atoms with van der Waals surface area (Å²) in [6, 6.07) is 4.72. The average Bonchev–Trinajstić information content (AvgIpc) is 2.64. The van der Waals surface area contributed by atoms with E-state index >= 15 is 0 Å². The fourth-order valence-corrected chi connectivity index (χ4v) is 3.16. The molecule has 1 aromatic carbocycles. The largest absolute Gasteiger partial charge is 0.508 e. The van der Waals surface area contributed by atoms with Crippen molar-refractivity contribution in [1.29, 1.82) is 0 Å². The monoisotopic (exact) mass is 276 g/mol. The summed E-state index contributed by atoms with van der Waals surface area (Å²) in [6.45, 7) is 4.03. The summed E-state index contributed by atoms with van der Waals surface area (Å²) in [6.07, 6.45) is 3.45. The highest BCUT2D eigenvalue weighted by Crippen LogP contribution is 2.33. The first kappa shape index (κ1) is 13.1. The van der Waals surface area contributed by atoms with Gasteiger partial charge in [-0.15, -0.1) is 0 Å². The first-order chi connectivity index (χ1) is 9.66. The van der Waals surface area contributed by atoms with E-state index in [4.69, 9.17) is 0 Å². The molecule has 0 bridgehead atoms. The van der Waals surface area contributed by atoms with Crippen LogP contribution in [0.4, 0.5) is 5.69 Å². The molecule has 20 heavy (non-hydrogen) atoms. The number of phenolic OH excluding ortho intramolecular Hbond substituents is 2. The summed E-state index contributed by atoms with van der Waals surface area (Å²) in [4.78, 5) is 4.52. The van der Waals surface area contributed by atoms with Crippen molar-refractivity contribution < 1.29 is 14.8 Å². The summed E-state index contributed by atoms with van der Waals surface area (Å²) >= 11 is 0. The summed E-state index contributed by atoms with van der Waals surface area (Å²) in [7, 11) is 2.10. The van der Waals surface area contributed by atoms with Gasteiger partial charge in [-0.05, 0) is 25.0 Å². The summed E-state index contributed by atoms with van der Waals surface area (Å²) in [5, 5.41) is 19.8. The molecular weight excluding hydrogens is 254 g/mol. The standard InChI is InChI=1S/C15H21N3O2/c1-16-7-2-3-8-17-9-4-10-18(15(16)17)13-11-12(19)5-6-14(13)20/h5-6,11H,2-4,7-10H2,1H3,(H-,19,20)/p+1. The maximum Gasteiger partial charge on any atom is 0.355 e. The zero-order valence-electron chi connectivity index (χ0n) is 11.9. The van der Waals surface area contributed by atoms with Crippen LogP contribution in [0.1, 0.15) is 19.3 Å². The van der Waals surface area contributed by atoms with E-state index in [0.29, 0.717) is 5.69 Å². The lowest BCUT2D eigenvalue weighted by Gasteiger charge is -2.33. The van der Waals surface area contributed by atoms with E-state index in [1.807, 2.05) is 0 Å². The van der Waals surface area contributed by atoms with Crippen molar-refractivity contribution in [3.05, 3.63) is 18.2 Å². The Bertz CT molecular complexity index is 542. The number of phenols is 2. The van der Waals surface area contributed by atoms with Gasteiger partial charge in [-0.3, -0.25) is 9.48 Å². The first-order valence-electron chi connectivity index (χ1n) is 7.29. The molecule has 0 amide bonds. The Morgan fingerprint density at radius 1 is 1.05 bits per heavy atom. The van der Waals surface area contributed by atoms with E-state index in [0.717, 1.165) is 38.6 Å². The Morgan fingerprint density at radius 3 is 2.70 bits per heavy atom. The molecule has 5 heteroatoms. The van der Waals surface area contributed by atoms with Gasteiger partial charge in [-0.2, -0.15) is 0 Å². The Labute approximate surface area is 119 Å². The second-order valence-corrected chi connectivity index (χ2v) is 5.59. The normalized spacial score (nSPS) is 19.9. The van der Waals surface area contributed by atoms with Crippen molar-refractivity contribution >= 4 is 11.6 Å². The molecule has 0 atom stereocenters. The first-order valence-corrected chi connectivity index (χ1v) is 7.29. The molecule has 5 nitrogen and oxygen atoms in total. The molecule has 2 aliphatic rings. The summed E-state index contributed by atoms with van der Waals surface area (Å²) in [5.74, 6) is 1.55. The van der Waals surface area contributed by atoms with E-state index in [-0.39, 0.29) is 11.5 Å². The SMILES string of the molecule is C[N+]1=C2N(CCCC1)CCCN2c1cc(O)ccc1O. The minimum absolute atomic E-state index is 0.187. The highest BCUT2D eigenvalue weighted by atomic mass is 16.3. The van der Waals surface area contributed by atoms with Gasteiger partial charge < -0.3 is 10.2 Å². The minimum atomic E-state index is 0.187. The van der Waals surface area contributed by atoms with Crippen LogP contribution in [0.5, 0.6) is 11.5 Å². The predicted octanol–water partition coefficient (Wildman–Crippen LogP) is 1.40. The van der Waals surface area contributed by atoms with Crippen LogP contribution >= 0.6 is 0 Å². The lowest BCUT2D eigenvalue weighted by molar-refractivity contribution is -0.502. The number of anilines is 1. The van der Waals surface area contributed by atoms with Crippen molar-refractivity contribution in [2.45, 2.75) is 19.3 Å². The summed E-state index contributed by atoms with van der Waals surface area (Å²) in [5.41, 5.74) is 0.693. The number of rotatable bonds is 1. The third kappa shape index (κ3) is 2.28. The van der Waals surface area contributed by atoms with Gasteiger partial charge >= 0.3 is 5.96 Å². The Hall–Kier alpha value is -1.91. The van der Waals surface area contributed by atoms with E-state index < -0.39 is 0 Å². The quantitative estimate of drug-likeness (QED) is 0.601. The number of fused-ring (bicyclic) bond motifs is 1. The zero-order valence-corrected chi connectivity index (χ0v) is 11.9. The van der Waals surface area contributed by atoms with Crippen molar-refractivity contribution in [2.75, 3.05) is 38.1 Å². The number of hydrogen-bond donors (Lipinski definition) is 2. The van der Waals surface area contributed by atoms with Gasteiger partial charge in [0.2, 0.25) is 0 Å². The molecule has 1 saturated heterocycles. The molecule has 1 fully saturated rings. The van der Waals surface area contributed by atoms with Gasteiger partial charge in [0.1, 0.15) is 11.4 Å². The van der Waals surface area contributed by atoms with Crippen LogP contribution in [0.2, 0.25) is 0 Å². The molecular formula is C15H22N3O2+. The third-order valence-corrected chi connectivity index (χ3v) is 4.10. The fraction of sp³-hybridized carbons (Fsp3) is 0.533. The van der Waals surface area contributed by atoms with Crippen LogP contribution < -0.4 is 4.90 Å². The molecule has 0 aromatic heterocycles. The molecule has 2 heterocycles. The topological polar surface area (TPSA) is 50.0 Å². The number of aromatic hydroxyl groups is 2. The molecule has 3 rings (SSSR count). The molecule has 0 spiro atoms. The van der Waals surface area contributed by atoms with Gasteiger partial charge in [0.25, 0.3) is 0 Å². The van der Waals surface area contributed by atoms with Gasteiger partial charge in [-0.25, -0.2) is 4.90 Å². The van der Waals surface area contributed by atoms with Crippen LogP contribution in [-0.2, 0) is 0 Å². The number of hydrogen-bond acceptors (Lipinski definition) is 4. The Morgan fingerprint density at radius 2 is 1.85 bits per heavy atom. The van der Waals surface area contributed by atoms with E-state index in [1.54, 1.807) is 12.1 Å². The molecule has 0 aliphatic carbocycles. The molecule has 2 N–H and O–H groups in total. The maximum absolute atomic E-state index is 10.1. The number of nitrogens with zero attached hydrogens (tertiary/aromatic N) is 3. The Kier molecular flexibility index (Phi) is 3.42. The highest BCUT2D eigenvalue weighted by Gasteiger charge is 2.36. The van der Waals surface area contributed by atoms with Crippen LogP contribution in [0.3, 0.4) is 0 Å². The number of guanidine groups is 1. The molecule has 0 unspecified atom stereocenters. The van der Waals surface area contributed by atoms with Gasteiger partial charge in [-0.1, -0.05) is 0 Å². The van der Waals surface area contributed by atoms with Gasteiger partial charge in [0, 0.05) is 12.5 Å². The Balaban J connectivity index is 2.04.